The normalized spacial score (nSPS) is 25.7. The molecule has 0 radical (unpaired) electrons. The summed E-state index contributed by atoms with van der Waals surface area (Å²) in [5, 5.41) is 11.0. The Kier molecular flexibility index (Phi) is 4.12. The van der Waals surface area contributed by atoms with Gasteiger partial charge in [-0.05, 0) is 54.7 Å². The van der Waals surface area contributed by atoms with Crippen molar-refractivity contribution in [3.05, 3.63) is 71.3 Å². The summed E-state index contributed by atoms with van der Waals surface area (Å²) in [6, 6.07) is 19.2. The van der Waals surface area contributed by atoms with Crippen molar-refractivity contribution in [2.24, 2.45) is 0 Å². The van der Waals surface area contributed by atoms with Gasteiger partial charge in [-0.15, -0.1) is 0 Å². The van der Waals surface area contributed by atoms with Crippen LogP contribution in [0.4, 0.5) is 0 Å². The van der Waals surface area contributed by atoms with E-state index in [0.29, 0.717) is 5.92 Å². The van der Waals surface area contributed by atoms with Gasteiger partial charge in [-0.3, -0.25) is 0 Å². The fourth-order valence-corrected chi connectivity index (χ4v) is 3.52. The summed E-state index contributed by atoms with van der Waals surface area (Å²) in [7, 11) is 0. The highest BCUT2D eigenvalue weighted by Gasteiger charge is 2.35. The molecule has 1 nitrogen and oxygen atoms in total. The first-order valence-electron chi connectivity index (χ1n) is 8.08. The van der Waals surface area contributed by atoms with E-state index < -0.39 is 5.60 Å². The molecule has 1 saturated carbocycles. The molecule has 2 aromatic carbocycles. The number of hydrogen-bond acceptors (Lipinski definition) is 1. The molecule has 0 spiro atoms. The molecule has 110 valence electrons. The molecule has 1 aliphatic carbocycles. The lowest BCUT2D eigenvalue weighted by Crippen LogP contribution is -2.31. The Labute approximate surface area is 127 Å². The zero-order valence-corrected chi connectivity index (χ0v) is 12.8. The number of aryl methyl sites for hydroxylation is 1. The van der Waals surface area contributed by atoms with Gasteiger partial charge in [0.05, 0.1) is 5.60 Å². The van der Waals surface area contributed by atoms with E-state index in [9.17, 15) is 5.11 Å². The summed E-state index contributed by atoms with van der Waals surface area (Å²) in [5.74, 6) is 0.598. The number of benzene rings is 2. The van der Waals surface area contributed by atoms with Crippen LogP contribution in [0, 0.1) is 0 Å². The second-order valence-electron chi connectivity index (χ2n) is 6.27. The van der Waals surface area contributed by atoms with Crippen LogP contribution in [0.1, 0.15) is 55.2 Å². The van der Waals surface area contributed by atoms with E-state index in [4.69, 9.17) is 0 Å². The summed E-state index contributed by atoms with van der Waals surface area (Å²) in [6.07, 6.45) is 4.88. The first kappa shape index (κ1) is 14.3. The van der Waals surface area contributed by atoms with Crippen LogP contribution >= 0.6 is 0 Å². The quantitative estimate of drug-likeness (QED) is 0.856. The fraction of sp³-hybridized carbons (Fsp3) is 0.400. The van der Waals surface area contributed by atoms with Gasteiger partial charge in [0, 0.05) is 0 Å². The van der Waals surface area contributed by atoms with Gasteiger partial charge >= 0.3 is 0 Å². The third-order valence-electron chi connectivity index (χ3n) is 4.96. The zero-order chi connectivity index (χ0) is 14.7. The van der Waals surface area contributed by atoms with Gasteiger partial charge in [-0.2, -0.15) is 0 Å². The Bertz CT molecular complexity index is 580. The highest BCUT2D eigenvalue weighted by Crippen LogP contribution is 2.43. The van der Waals surface area contributed by atoms with Crippen molar-refractivity contribution in [3.8, 4) is 0 Å². The zero-order valence-electron chi connectivity index (χ0n) is 12.8. The molecule has 1 aliphatic rings. The van der Waals surface area contributed by atoms with Gasteiger partial charge in [0.2, 0.25) is 0 Å². The lowest BCUT2D eigenvalue weighted by molar-refractivity contribution is -0.00572. The first-order valence-corrected chi connectivity index (χ1v) is 8.08. The van der Waals surface area contributed by atoms with Crippen LogP contribution in [0.3, 0.4) is 0 Å². The summed E-state index contributed by atoms with van der Waals surface area (Å²) in [5.41, 5.74) is 3.21. The van der Waals surface area contributed by atoms with Gasteiger partial charge in [-0.25, -0.2) is 0 Å². The monoisotopic (exact) mass is 280 g/mol. The molecule has 0 aromatic heterocycles. The largest absolute Gasteiger partial charge is 0.385 e. The SMILES string of the molecule is CCc1cccc(C2(O)CCC(c3ccccc3)CC2)c1. The standard InChI is InChI=1S/C20H24O/c1-2-16-7-6-10-19(15-16)20(21)13-11-18(12-14-20)17-8-4-3-5-9-17/h3-10,15,18,21H,2,11-14H2,1H3. The van der Waals surface area contributed by atoms with Crippen molar-refractivity contribution in [2.45, 2.75) is 50.5 Å². The minimum atomic E-state index is -0.629. The molecule has 1 heteroatoms. The van der Waals surface area contributed by atoms with Gasteiger partial charge < -0.3 is 5.11 Å². The van der Waals surface area contributed by atoms with E-state index in [0.717, 1.165) is 37.7 Å². The van der Waals surface area contributed by atoms with E-state index in [2.05, 4.69) is 61.5 Å². The molecule has 21 heavy (non-hydrogen) atoms. The van der Waals surface area contributed by atoms with Crippen LogP contribution in [0.5, 0.6) is 0 Å². The van der Waals surface area contributed by atoms with E-state index in [1.807, 2.05) is 0 Å². The molecular weight excluding hydrogens is 256 g/mol. The number of rotatable bonds is 3. The lowest BCUT2D eigenvalue weighted by atomic mass is 9.73. The van der Waals surface area contributed by atoms with E-state index in [-0.39, 0.29) is 0 Å². The number of aliphatic hydroxyl groups is 1. The molecule has 0 atom stereocenters. The maximum Gasteiger partial charge on any atom is 0.0897 e. The minimum Gasteiger partial charge on any atom is -0.385 e. The molecule has 0 bridgehead atoms. The average Bonchev–Trinajstić information content (AvgIpc) is 2.56. The van der Waals surface area contributed by atoms with E-state index >= 15 is 0 Å². The molecule has 0 saturated heterocycles. The Morgan fingerprint density at radius 2 is 1.71 bits per heavy atom. The molecule has 1 N–H and O–H groups in total. The van der Waals surface area contributed by atoms with E-state index in [1.165, 1.54) is 11.1 Å². The summed E-state index contributed by atoms with van der Waals surface area (Å²) in [6.45, 7) is 2.16. The van der Waals surface area contributed by atoms with Crippen LogP contribution in [-0.2, 0) is 12.0 Å². The van der Waals surface area contributed by atoms with Gasteiger partial charge in [0.1, 0.15) is 0 Å². The van der Waals surface area contributed by atoms with Crippen LogP contribution in [-0.4, -0.2) is 5.11 Å². The topological polar surface area (TPSA) is 20.2 Å². The summed E-state index contributed by atoms with van der Waals surface area (Å²) >= 11 is 0. The van der Waals surface area contributed by atoms with Gasteiger partial charge in [0.25, 0.3) is 0 Å². The highest BCUT2D eigenvalue weighted by molar-refractivity contribution is 5.30. The number of hydrogen-bond donors (Lipinski definition) is 1. The molecule has 1 fully saturated rings. The lowest BCUT2D eigenvalue weighted by Gasteiger charge is -2.37. The van der Waals surface area contributed by atoms with Crippen LogP contribution in [0.2, 0.25) is 0 Å². The van der Waals surface area contributed by atoms with Crippen molar-refractivity contribution < 1.29 is 5.11 Å². The Morgan fingerprint density at radius 3 is 2.38 bits per heavy atom. The summed E-state index contributed by atoms with van der Waals surface area (Å²) in [4.78, 5) is 0. The molecule has 0 amide bonds. The molecule has 2 aromatic rings. The molecule has 3 rings (SSSR count). The van der Waals surface area contributed by atoms with Gasteiger partial charge in [0.15, 0.2) is 0 Å². The molecule has 0 unspecified atom stereocenters. The van der Waals surface area contributed by atoms with Crippen molar-refractivity contribution in [1.29, 1.82) is 0 Å². The maximum atomic E-state index is 11.0. The Balaban J connectivity index is 1.74. The Hall–Kier alpha value is -1.60. The average molecular weight is 280 g/mol. The third-order valence-corrected chi connectivity index (χ3v) is 4.96. The second-order valence-corrected chi connectivity index (χ2v) is 6.27. The first-order chi connectivity index (χ1) is 10.2. The highest BCUT2D eigenvalue weighted by atomic mass is 16.3. The van der Waals surface area contributed by atoms with Crippen molar-refractivity contribution in [1.82, 2.24) is 0 Å². The maximum absolute atomic E-state index is 11.0. The third kappa shape index (κ3) is 3.03. The van der Waals surface area contributed by atoms with E-state index in [1.54, 1.807) is 0 Å². The minimum absolute atomic E-state index is 0.598. The van der Waals surface area contributed by atoms with Crippen molar-refractivity contribution in [2.75, 3.05) is 0 Å². The molecule has 0 heterocycles. The molecule has 0 aliphatic heterocycles. The molecular formula is C20H24O. The van der Waals surface area contributed by atoms with Crippen molar-refractivity contribution in [3.63, 3.8) is 0 Å². The van der Waals surface area contributed by atoms with Crippen molar-refractivity contribution >= 4 is 0 Å². The fourth-order valence-electron chi connectivity index (χ4n) is 3.52. The second kappa shape index (κ2) is 6.03. The predicted molar refractivity (Wildman–Crippen MR) is 87.4 cm³/mol. The Morgan fingerprint density at radius 1 is 1.00 bits per heavy atom. The van der Waals surface area contributed by atoms with Crippen LogP contribution in [0.25, 0.3) is 0 Å². The van der Waals surface area contributed by atoms with Gasteiger partial charge in [-0.1, -0.05) is 61.5 Å². The summed E-state index contributed by atoms with van der Waals surface area (Å²) < 4.78 is 0. The van der Waals surface area contributed by atoms with Crippen LogP contribution < -0.4 is 0 Å². The predicted octanol–water partition coefficient (Wildman–Crippen LogP) is 4.79. The van der Waals surface area contributed by atoms with Crippen LogP contribution in [0.15, 0.2) is 54.6 Å². The smallest absolute Gasteiger partial charge is 0.0897 e.